The van der Waals surface area contributed by atoms with E-state index in [1.54, 1.807) is 22.4 Å². The van der Waals surface area contributed by atoms with Crippen molar-refractivity contribution in [2.24, 2.45) is 7.05 Å². The summed E-state index contributed by atoms with van der Waals surface area (Å²) >= 11 is 1.46. The fourth-order valence-corrected chi connectivity index (χ4v) is 2.66. The molecule has 3 aromatic heterocycles. The molecular formula is C11H15N7S. The maximum Gasteiger partial charge on any atom is 0.235 e. The van der Waals surface area contributed by atoms with Crippen LogP contribution >= 0.6 is 11.3 Å². The molecule has 100 valence electrons. The van der Waals surface area contributed by atoms with Crippen molar-refractivity contribution in [1.29, 1.82) is 0 Å². The highest BCUT2D eigenvalue weighted by Crippen LogP contribution is 2.31. The number of aryl methyl sites for hydroxylation is 1. The molecule has 7 nitrogen and oxygen atoms in total. The van der Waals surface area contributed by atoms with E-state index in [9.17, 15) is 0 Å². The number of rotatable bonds is 1. The minimum atomic E-state index is -0.106. The molecule has 0 aliphatic carbocycles. The Labute approximate surface area is 114 Å². The maximum atomic E-state index is 5.97. The van der Waals surface area contributed by atoms with Gasteiger partial charge in [-0.2, -0.15) is 14.7 Å². The van der Waals surface area contributed by atoms with Crippen LogP contribution in [0.3, 0.4) is 0 Å². The van der Waals surface area contributed by atoms with Crippen LogP contribution in [-0.4, -0.2) is 29.6 Å². The van der Waals surface area contributed by atoms with Gasteiger partial charge in [0.15, 0.2) is 10.8 Å². The minimum Gasteiger partial charge on any atom is -0.383 e. The highest BCUT2D eigenvalue weighted by molar-refractivity contribution is 7.19. The molecular weight excluding hydrogens is 262 g/mol. The van der Waals surface area contributed by atoms with Gasteiger partial charge in [0.25, 0.3) is 0 Å². The standard InChI is InChI=1S/C11H15N7S/c1-11(2,3)9-14-15-10-18(9)16-8(19-10)6-5-13-17(4)7(6)12/h5H,12H2,1-4H3. The molecule has 0 fully saturated rings. The van der Waals surface area contributed by atoms with Gasteiger partial charge < -0.3 is 5.73 Å². The fourth-order valence-electron chi connectivity index (χ4n) is 1.81. The van der Waals surface area contributed by atoms with Gasteiger partial charge in [0.2, 0.25) is 4.96 Å². The van der Waals surface area contributed by atoms with E-state index in [4.69, 9.17) is 5.73 Å². The van der Waals surface area contributed by atoms with Crippen molar-refractivity contribution in [2.45, 2.75) is 26.2 Å². The SMILES string of the molecule is Cn1ncc(-c2nn3c(C(C)(C)C)nnc3s2)c1N. The first-order chi connectivity index (χ1) is 8.88. The Kier molecular flexibility index (Phi) is 2.40. The summed E-state index contributed by atoms with van der Waals surface area (Å²) in [5.74, 6) is 1.44. The van der Waals surface area contributed by atoms with Crippen molar-refractivity contribution >= 4 is 22.1 Å². The van der Waals surface area contributed by atoms with Gasteiger partial charge in [-0.3, -0.25) is 4.68 Å². The van der Waals surface area contributed by atoms with Crippen LogP contribution in [-0.2, 0) is 12.5 Å². The third kappa shape index (κ3) is 1.79. The Hall–Kier alpha value is -1.96. The fraction of sp³-hybridized carbons (Fsp3) is 0.455. The van der Waals surface area contributed by atoms with Crippen molar-refractivity contribution in [3.63, 3.8) is 0 Å². The van der Waals surface area contributed by atoms with E-state index in [2.05, 4.69) is 41.2 Å². The second kappa shape index (κ2) is 3.77. The molecule has 0 radical (unpaired) electrons. The number of nitrogens with two attached hydrogens (primary N) is 1. The normalized spacial score (nSPS) is 12.4. The van der Waals surface area contributed by atoms with Gasteiger partial charge >= 0.3 is 0 Å². The molecule has 0 aliphatic heterocycles. The lowest BCUT2D eigenvalue weighted by molar-refractivity contribution is 0.528. The van der Waals surface area contributed by atoms with E-state index in [-0.39, 0.29) is 5.41 Å². The molecule has 0 atom stereocenters. The van der Waals surface area contributed by atoms with E-state index >= 15 is 0 Å². The third-order valence-corrected chi connectivity index (χ3v) is 3.81. The summed E-state index contributed by atoms with van der Waals surface area (Å²) in [5, 5.41) is 17.9. The molecule has 0 unspecified atom stereocenters. The Bertz CT molecular complexity index is 743. The molecule has 19 heavy (non-hydrogen) atoms. The summed E-state index contributed by atoms with van der Waals surface area (Å²) in [5.41, 5.74) is 6.70. The van der Waals surface area contributed by atoms with Crippen molar-refractivity contribution in [2.75, 3.05) is 5.73 Å². The molecule has 0 amide bonds. The highest BCUT2D eigenvalue weighted by Gasteiger charge is 2.24. The quantitative estimate of drug-likeness (QED) is 0.727. The maximum absolute atomic E-state index is 5.97. The van der Waals surface area contributed by atoms with Crippen LogP contribution in [0.1, 0.15) is 26.6 Å². The third-order valence-electron chi connectivity index (χ3n) is 2.88. The van der Waals surface area contributed by atoms with Gasteiger partial charge in [-0.05, 0) is 0 Å². The van der Waals surface area contributed by atoms with Gasteiger partial charge in [-0.15, -0.1) is 10.2 Å². The minimum absolute atomic E-state index is 0.106. The van der Waals surface area contributed by atoms with Gasteiger partial charge in [0.1, 0.15) is 5.82 Å². The summed E-state index contributed by atoms with van der Waals surface area (Å²) in [6, 6.07) is 0. The van der Waals surface area contributed by atoms with Crippen LogP contribution in [0.25, 0.3) is 15.5 Å². The molecule has 0 aromatic carbocycles. The number of nitrogen functional groups attached to an aromatic ring is 1. The lowest BCUT2D eigenvalue weighted by Gasteiger charge is -2.13. The topological polar surface area (TPSA) is 86.9 Å². The number of aromatic nitrogens is 6. The lowest BCUT2D eigenvalue weighted by atomic mass is 9.96. The zero-order chi connectivity index (χ0) is 13.8. The number of nitrogens with zero attached hydrogens (tertiary/aromatic N) is 6. The molecule has 8 heteroatoms. The average Bonchev–Trinajstić information content (AvgIpc) is 2.92. The van der Waals surface area contributed by atoms with Crippen LogP contribution in [0, 0.1) is 0 Å². The second-order valence-corrected chi connectivity index (χ2v) is 6.40. The van der Waals surface area contributed by atoms with E-state index in [0.29, 0.717) is 5.82 Å². The molecule has 2 N–H and O–H groups in total. The molecule has 0 spiro atoms. The number of anilines is 1. The second-order valence-electron chi connectivity index (χ2n) is 5.44. The van der Waals surface area contributed by atoms with Crippen LogP contribution in [0.15, 0.2) is 6.20 Å². The largest absolute Gasteiger partial charge is 0.383 e. The smallest absolute Gasteiger partial charge is 0.235 e. The average molecular weight is 277 g/mol. The van der Waals surface area contributed by atoms with E-state index in [1.165, 1.54) is 11.3 Å². The van der Waals surface area contributed by atoms with Crippen LogP contribution < -0.4 is 5.73 Å². The Morgan fingerprint density at radius 2 is 2.00 bits per heavy atom. The predicted molar refractivity (Wildman–Crippen MR) is 74.0 cm³/mol. The highest BCUT2D eigenvalue weighted by atomic mass is 32.1. The summed E-state index contributed by atoms with van der Waals surface area (Å²) in [6.07, 6.45) is 1.72. The van der Waals surface area contributed by atoms with Gasteiger partial charge in [-0.25, -0.2) is 0 Å². The van der Waals surface area contributed by atoms with Crippen LogP contribution in [0.4, 0.5) is 5.82 Å². The van der Waals surface area contributed by atoms with E-state index < -0.39 is 0 Å². The first-order valence-corrected chi connectivity index (χ1v) is 6.70. The number of hydrogen-bond donors (Lipinski definition) is 1. The summed E-state index contributed by atoms with van der Waals surface area (Å²) in [4.78, 5) is 0.767. The molecule has 0 saturated carbocycles. The molecule has 3 rings (SSSR count). The zero-order valence-electron chi connectivity index (χ0n) is 11.2. The van der Waals surface area contributed by atoms with Crippen molar-refractivity contribution in [3.8, 4) is 10.6 Å². The summed E-state index contributed by atoms with van der Waals surface area (Å²) in [6.45, 7) is 6.25. The Morgan fingerprint density at radius 1 is 1.26 bits per heavy atom. The predicted octanol–water partition coefficient (Wildman–Crippen LogP) is 1.47. The van der Waals surface area contributed by atoms with Crippen LogP contribution in [0.5, 0.6) is 0 Å². The molecule has 3 aromatic rings. The van der Waals surface area contributed by atoms with Gasteiger partial charge in [0.05, 0.1) is 11.8 Å². The number of hydrogen-bond acceptors (Lipinski definition) is 6. The monoisotopic (exact) mass is 277 g/mol. The summed E-state index contributed by atoms with van der Waals surface area (Å²) < 4.78 is 3.41. The van der Waals surface area contributed by atoms with Crippen LogP contribution in [0.2, 0.25) is 0 Å². The van der Waals surface area contributed by atoms with E-state index in [0.717, 1.165) is 21.4 Å². The lowest BCUT2D eigenvalue weighted by Crippen LogP contribution is -2.16. The van der Waals surface area contributed by atoms with Crippen molar-refractivity contribution < 1.29 is 0 Å². The molecule has 0 bridgehead atoms. The van der Waals surface area contributed by atoms with Crippen molar-refractivity contribution in [1.82, 2.24) is 29.6 Å². The number of fused-ring (bicyclic) bond motifs is 1. The Morgan fingerprint density at radius 3 is 2.58 bits per heavy atom. The molecule has 0 saturated heterocycles. The van der Waals surface area contributed by atoms with E-state index in [1.807, 2.05) is 0 Å². The van der Waals surface area contributed by atoms with Gasteiger partial charge in [0, 0.05) is 12.5 Å². The molecule has 3 heterocycles. The first-order valence-electron chi connectivity index (χ1n) is 5.88. The Balaban J connectivity index is 2.18. The summed E-state index contributed by atoms with van der Waals surface area (Å²) in [7, 11) is 1.81. The zero-order valence-corrected chi connectivity index (χ0v) is 12.1. The molecule has 0 aliphatic rings. The van der Waals surface area contributed by atoms with Gasteiger partial charge in [-0.1, -0.05) is 32.1 Å². The first kappa shape index (κ1) is 12.1. The van der Waals surface area contributed by atoms with Crippen molar-refractivity contribution in [3.05, 3.63) is 12.0 Å².